The Hall–Kier alpha value is -1.39. The van der Waals surface area contributed by atoms with Gasteiger partial charge in [-0.15, -0.1) is 0 Å². The van der Waals surface area contributed by atoms with Crippen LogP contribution in [-0.2, 0) is 23.7 Å². The quantitative estimate of drug-likeness (QED) is 0.146. The van der Waals surface area contributed by atoms with E-state index in [4.69, 9.17) is 18.9 Å². The second kappa shape index (κ2) is 10.1. The summed E-state index contributed by atoms with van der Waals surface area (Å²) in [4.78, 5) is 11.7. The maximum absolute atomic E-state index is 11.7. The van der Waals surface area contributed by atoms with Gasteiger partial charge in [-0.1, -0.05) is 12.7 Å². The van der Waals surface area contributed by atoms with E-state index in [1.165, 1.54) is 6.08 Å². The summed E-state index contributed by atoms with van der Waals surface area (Å²) in [6.07, 6.45) is -13.1. The lowest BCUT2D eigenvalue weighted by Crippen LogP contribution is -2.62. The van der Waals surface area contributed by atoms with Gasteiger partial charge in [0.2, 0.25) is 5.79 Å². The zero-order valence-corrected chi connectivity index (χ0v) is 15.3. The molecular formula is C16H26O13. The van der Waals surface area contributed by atoms with E-state index in [0.717, 1.165) is 0 Å². The lowest BCUT2D eigenvalue weighted by molar-refractivity contribution is -0.383. The Morgan fingerprint density at radius 1 is 1.03 bits per heavy atom. The predicted molar refractivity (Wildman–Crippen MR) is 89.1 cm³/mol. The second-order valence-electron chi connectivity index (χ2n) is 6.50. The molecule has 0 aromatic heterocycles. The van der Waals surface area contributed by atoms with Crippen molar-refractivity contribution in [1.29, 1.82) is 0 Å². The molecule has 0 radical (unpaired) electrons. The largest absolute Gasteiger partial charge is 0.509 e. The summed E-state index contributed by atoms with van der Waals surface area (Å²) < 4.78 is 25.4. The molecule has 0 aliphatic carbocycles. The first-order valence-corrected chi connectivity index (χ1v) is 8.74. The van der Waals surface area contributed by atoms with Crippen molar-refractivity contribution in [3.05, 3.63) is 12.7 Å². The van der Waals surface area contributed by atoms with Gasteiger partial charge in [-0.25, -0.2) is 4.79 Å². The molecule has 0 bridgehead atoms. The highest BCUT2D eigenvalue weighted by atomic mass is 16.8. The Balaban J connectivity index is 2.18. The van der Waals surface area contributed by atoms with Crippen LogP contribution in [0.1, 0.15) is 0 Å². The van der Waals surface area contributed by atoms with Crippen LogP contribution in [0.2, 0.25) is 0 Å². The monoisotopic (exact) mass is 426 g/mol. The number of hydrogen-bond donors (Lipinski definition) is 7. The number of aliphatic hydroxyl groups is 7. The molecule has 0 aromatic rings. The number of hydrogen-bond acceptors (Lipinski definition) is 13. The average molecular weight is 426 g/mol. The summed E-state index contributed by atoms with van der Waals surface area (Å²) in [5.41, 5.74) is 0. The number of ether oxygens (including phenoxy) is 5. The smallest absolute Gasteiger partial charge is 0.430 e. The molecule has 2 aliphatic heterocycles. The molecular weight excluding hydrogens is 400 g/mol. The fraction of sp³-hybridized carbons (Fsp3) is 0.812. The SMILES string of the molecule is C=CCOC(=O)O[C@@H]1[C@@H](CO)O[C@@](CO)(O[C@H]2O[C@H](CO)[C@@H](O)[C@H](O)[C@H]2O)[C@H]1O. The summed E-state index contributed by atoms with van der Waals surface area (Å²) in [7, 11) is 0. The fourth-order valence-corrected chi connectivity index (χ4v) is 3.03. The van der Waals surface area contributed by atoms with Crippen molar-refractivity contribution in [3.8, 4) is 0 Å². The van der Waals surface area contributed by atoms with E-state index in [2.05, 4.69) is 11.3 Å². The van der Waals surface area contributed by atoms with Gasteiger partial charge in [0, 0.05) is 0 Å². The van der Waals surface area contributed by atoms with Crippen molar-refractivity contribution in [2.45, 2.75) is 54.8 Å². The molecule has 0 saturated carbocycles. The Labute approximate surface area is 165 Å². The zero-order valence-electron chi connectivity index (χ0n) is 15.3. The molecule has 2 aliphatic rings. The minimum atomic E-state index is -2.34. The van der Waals surface area contributed by atoms with Crippen molar-refractivity contribution < 1.29 is 64.2 Å². The first-order chi connectivity index (χ1) is 13.7. The molecule has 9 atom stereocenters. The van der Waals surface area contributed by atoms with Gasteiger partial charge >= 0.3 is 6.16 Å². The molecule has 2 saturated heterocycles. The molecule has 13 nitrogen and oxygen atoms in total. The molecule has 2 rings (SSSR count). The van der Waals surface area contributed by atoms with Crippen molar-refractivity contribution in [1.82, 2.24) is 0 Å². The number of rotatable bonds is 8. The summed E-state index contributed by atoms with van der Waals surface area (Å²) in [6.45, 7) is 0.638. The number of aliphatic hydroxyl groups excluding tert-OH is 7. The first kappa shape index (κ1) is 23.9. The van der Waals surface area contributed by atoms with E-state index in [1.807, 2.05) is 0 Å². The Morgan fingerprint density at radius 2 is 1.69 bits per heavy atom. The molecule has 7 N–H and O–H groups in total. The Kier molecular flexibility index (Phi) is 8.30. The highest BCUT2D eigenvalue weighted by Gasteiger charge is 2.60. The van der Waals surface area contributed by atoms with Gasteiger partial charge in [-0.05, 0) is 0 Å². The van der Waals surface area contributed by atoms with Gasteiger partial charge < -0.3 is 59.4 Å². The molecule has 2 fully saturated rings. The lowest BCUT2D eigenvalue weighted by Gasteiger charge is -2.43. The lowest BCUT2D eigenvalue weighted by atomic mass is 9.99. The molecule has 0 spiro atoms. The van der Waals surface area contributed by atoms with Crippen molar-refractivity contribution >= 4 is 6.16 Å². The Morgan fingerprint density at radius 3 is 2.24 bits per heavy atom. The number of carbonyl (C=O) groups is 1. The van der Waals surface area contributed by atoms with Gasteiger partial charge in [0.15, 0.2) is 12.4 Å². The Bertz CT molecular complexity index is 557. The van der Waals surface area contributed by atoms with Crippen LogP contribution >= 0.6 is 0 Å². The highest BCUT2D eigenvalue weighted by Crippen LogP contribution is 2.37. The van der Waals surface area contributed by atoms with Crippen LogP contribution in [-0.4, -0.2) is 123 Å². The van der Waals surface area contributed by atoms with E-state index in [9.17, 15) is 40.5 Å². The van der Waals surface area contributed by atoms with Gasteiger partial charge in [0.05, 0.1) is 13.2 Å². The second-order valence-corrected chi connectivity index (χ2v) is 6.50. The summed E-state index contributed by atoms with van der Waals surface area (Å²) in [5, 5.41) is 68.8. The molecule has 2 heterocycles. The molecule has 0 aromatic carbocycles. The van der Waals surface area contributed by atoms with Crippen LogP contribution in [0.4, 0.5) is 4.79 Å². The highest BCUT2D eigenvalue weighted by molar-refractivity contribution is 5.60. The third-order valence-corrected chi connectivity index (χ3v) is 4.59. The number of carbonyl (C=O) groups excluding carboxylic acids is 1. The topological polar surface area (TPSA) is 205 Å². The van der Waals surface area contributed by atoms with E-state index in [0.29, 0.717) is 0 Å². The van der Waals surface area contributed by atoms with Crippen molar-refractivity contribution in [3.63, 3.8) is 0 Å². The van der Waals surface area contributed by atoms with Gasteiger partial charge in [-0.3, -0.25) is 0 Å². The van der Waals surface area contributed by atoms with Gasteiger partial charge in [0.25, 0.3) is 0 Å². The van der Waals surface area contributed by atoms with Crippen LogP contribution in [0, 0.1) is 0 Å². The van der Waals surface area contributed by atoms with Gasteiger partial charge in [0.1, 0.15) is 49.8 Å². The molecule has 13 heteroatoms. The summed E-state index contributed by atoms with van der Waals surface area (Å²) >= 11 is 0. The van der Waals surface area contributed by atoms with E-state index in [1.54, 1.807) is 0 Å². The molecule has 0 amide bonds. The van der Waals surface area contributed by atoms with E-state index >= 15 is 0 Å². The van der Waals surface area contributed by atoms with Crippen LogP contribution in [0.15, 0.2) is 12.7 Å². The average Bonchev–Trinajstić information content (AvgIpc) is 2.98. The van der Waals surface area contributed by atoms with Crippen molar-refractivity contribution in [2.24, 2.45) is 0 Å². The zero-order chi connectivity index (χ0) is 21.8. The van der Waals surface area contributed by atoms with Crippen LogP contribution < -0.4 is 0 Å². The van der Waals surface area contributed by atoms with E-state index in [-0.39, 0.29) is 6.61 Å². The van der Waals surface area contributed by atoms with E-state index < -0.39 is 80.8 Å². The molecule has 0 unspecified atom stereocenters. The summed E-state index contributed by atoms with van der Waals surface area (Å²) in [6, 6.07) is 0. The maximum atomic E-state index is 11.7. The fourth-order valence-electron chi connectivity index (χ4n) is 3.03. The minimum absolute atomic E-state index is 0.182. The third kappa shape index (κ3) is 4.86. The molecule has 168 valence electrons. The maximum Gasteiger partial charge on any atom is 0.509 e. The van der Waals surface area contributed by atoms with Crippen LogP contribution in [0.25, 0.3) is 0 Å². The van der Waals surface area contributed by atoms with Crippen molar-refractivity contribution in [2.75, 3.05) is 26.4 Å². The standard InChI is InChI=1S/C16H26O13/c1-2-3-25-15(24)27-12-8(5-18)28-16(6-19,13(12)23)29-14-11(22)10(21)9(20)7(4-17)26-14/h2,7-14,17-23H,1,3-6H2/t7-,8-,9-,10+,11-,12-,13+,14-,16+/m1/s1. The predicted octanol–water partition coefficient (Wildman–Crippen LogP) is -4.05. The third-order valence-electron chi connectivity index (χ3n) is 4.59. The molecule has 29 heavy (non-hydrogen) atoms. The first-order valence-electron chi connectivity index (χ1n) is 8.74. The van der Waals surface area contributed by atoms with Gasteiger partial charge in [-0.2, -0.15) is 0 Å². The minimum Gasteiger partial charge on any atom is -0.430 e. The van der Waals surface area contributed by atoms with Crippen LogP contribution in [0.3, 0.4) is 0 Å². The van der Waals surface area contributed by atoms with Crippen LogP contribution in [0.5, 0.6) is 0 Å². The summed E-state index contributed by atoms with van der Waals surface area (Å²) in [5.74, 6) is -2.34. The normalized spacial score (nSPS) is 42.4.